The van der Waals surface area contributed by atoms with Gasteiger partial charge in [0.15, 0.2) is 0 Å². The number of carboxylic acid groups (broad SMARTS) is 1. The van der Waals surface area contributed by atoms with Crippen LogP contribution in [0.4, 0.5) is 4.39 Å². The summed E-state index contributed by atoms with van der Waals surface area (Å²) < 4.78 is 19.3. The Bertz CT molecular complexity index is 543. The molecule has 0 aliphatic carbocycles. The van der Waals surface area contributed by atoms with E-state index in [2.05, 4.69) is 21.2 Å². The Morgan fingerprint density at radius 3 is 2.60 bits per heavy atom. The van der Waals surface area contributed by atoms with Gasteiger partial charge in [-0.25, -0.2) is 9.18 Å². The lowest BCUT2D eigenvalue weighted by Gasteiger charge is -2.33. The monoisotopic (exact) mass is 345 g/mol. The quantitative estimate of drug-likeness (QED) is 0.877. The van der Waals surface area contributed by atoms with Gasteiger partial charge in [0.1, 0.15) is 11.4 Å². The summed E-state index contributed by atoms with van der Waals surface area (Å²) in [7, 11) is 0. The molecule has 2 N–H and O–H groups in total. The highest BCUT2D eigenvalue weighted by Gasteiger charge is 2.42. The normalized spacial score (nSPS) is 17.5. The number of carbonyl (C=O) groups is 2. The minimum absolute atomic E-state index is 0.156. The number of carbonyl (C=O) groups excluding carboxylic acids is 1. The first-order chi connectivity index (χ1) is 9.44. The van der Waals surface area contributed by atoms with Gasteiger partial charge >= 0.3 is 5.97 Å². The second-order valence-corrected chi connectivity index (χ2v) is 5.49. The summed E-state index contributed by atoms with van der Waals surface area (Å²) in [6.07, 6.45) is 0.313. The van der Waals surface area contributed by atoms with Crippen LogP contribution < -0.4 is 5.32 Å². The summed E-state index contributed by atoms with van der Waals surface area (Å²) in [4.78, 5) is 23.5. The Balaban J connectivity index is 2.24. The minimum Gasteiger partial charge on any atom is -0.480 e. The van der Waals surface area contributed by atoms with Crippen LogP contribution in [0.5, 0.6) is 0 Å². The van der Waals surface area contributed by atoms with E-state index in [4.69, 9.17) is 4.74 Å². The Morgan fingerprint density at radius 2 is 2.00 bits per heavy atom. The van der Waals surface area contributed by atoms with Crippen molar-refractivity contribution in [3.8, 4) is 0 Å². The summed E-state index contributed by atoms with van der Waals surface area (Å²) in [5, 5.41) is 11.8. The zero-order valence-corrected chi connectivity index (χ0v) is 12.1. The fraction of sp³-hybridized carbons (Fsp3) is 0.385. The first kappa shape index (κ1) is 14.9. The summed E-state index contributed by atoms with van der Waals surface area (Å²) >= 11 is 3.15. The molecule has 1 amide bonds. The zero-order valence-electron chi connectivity index (χ0n) is 10.5. The van der Waals surface area contributed by atoms with Crippen molar-refractivity contribution in [3.63, 3.8) is 0 Å². The van der Waals surface area contributed by atoms with E-state index in [0.717, 1.165) is 6.07 Å². The molecule has 1 aliphatic heterocycles. The predicted octanol–water partition coefficient (Wildman–Crippen LogP) is 1.95. The van der Waals surface area contributed by atoms with Gasteiger partial charge in [0.2, 0.25) is 0 Å². The maximum atomic E-state index is 13.6. The van der Waals surface area contributed by atoms with Crippen molar-refractivity contribution < 1.29 is 23.8 Å². The van der Waals surface area contributed by atoms with E-state index >= 15 is 0 Å². The highest BCUT2D eigenvalue weighted by Crippen LogP contribution is 2.23. The van der Waals surface area contributed by atoms with Crippen LogP contribution in [0.3, 0.4) is 0 Å². The van der Waals surface area contributed by atoms with Crippen LogP contribution in [0, 0.1) is 5.82 Å². The lowest BCUT2D eigenvalue weighted by molar-refractivity contribution is -0.148. The molecule has 5 nitrogen and oxygen atoms in total. The van der Waals surface area contributed by atoms with E-state index in [1.54, 1.807) is 0 Å². The molecule has 1 aliphatic rings. The first-order valence-corrected chi connectivity index (χ1v) is 6.83. The molecule has 2 rings (SSSR count). The van der Waals surface area contributed by atoms with E-state index in [9.17, 15) is 19.1 Å². The van der Waals surface area contributed by atoms with Crippen LogP contribution >= 0.6 is 15.9 Å². The summed E-state index contributed by atoms with van der Waals surface area (Å²) in [5.41, 5.74) is -1.59. The standard InChI is InChI=1S/C13H13BrFNO4/c14-8-1-2-10(15)9(7-8)11(17)16-13(12(18)19)3-5-20-6-4-13/h1-2,7H,3-6H2,(H,16,17)(H,18,19). The molecule has 20 heavy (non-hydrogen) atoms. The van der Waals surface area contributed by atoms with Crippen molar-refractivity contribution in [2.75, 3.05) is 13.2 Å². The fourth-order valence-corrected chi connectivity index (χ4v) is 2.43. The van der Waals surface area contributed by atoms with Gasteiger partial charge in [-0.1, -0.05) is 15.9 Å². The minimum atomic E-state index is -1.40. The molecule has 1 fully saturated rings. The Hall–Kier alpha value is -1.47. The molecule has 108 valence electrons. The maximum absolute atomic E-state index is 13.6. The number of halogens is 2. The van der Waals surface area contributed by atoms with Crippen LogP contribution in [0.15, 0.2) is 22.7 Å². The second kappa shape index (κ2) is 5.88. The number of rotatable bonds is 3. The molecule has 1 saturated heterocycles. The smallest absolute Gasteiger partial charge is 0.329 e. The summed E-state index contributed by atoms with van der Waals surface area (Å²) in [6.45, 7) is 0.487. The maximum Gasteiger partial charge on any atom is 0.329 e. The number of aliphatic carboxylic acids is 1. The fourth-order valence-electron chi connectivity index (χ4n) is 2.07. The molecule has 7 heteroatoms. The van der Waals surface area contributed by atoms with Crippen LogP contribution in [-0.4, -0.2) is 35.7 Å². The van der Waals surface area contributed by atoms with Crippen molar-refractivity contribution >= 4 is 27.8 Å². The van der Waals surface area contributed by atoms with E-state index < -0.39 is 23.2 Å². The number of ether oxygens (including phenoxy) is 1. The average Bonchev–Trinajstić information content (AvgIpc) is 2.42. The number of benzene rings is 1. The van der Waals surface area contributed by atoms with Gasteiger partial charge in [-0.05, 0) is 18.2 Å². The van der Waals surface area contributed by atoms with Gasteiger partial charge < -0.3 is 15.2 Å². The van der Waals surface area contributed by atoms with Gasteiger partial charge in [-0.2, -0.15) is 0 Å². The van der Waals surface area contributed by atoms with Crippen LogP contribution in [0.2, 0.25) is 0 Å². The first-order valence-electron chi connectivity index (χ1n) is 6.03. The van der Waals surface area contributed by atoms with Crippen molar-refractivity contribution in [2.24, 2.45) is 0 Å². The van der Waals surface area contributed by atoms with Crippen molar-refractivity contribution in [1.29, 1.82) is 0 Å². The molecule has 1 aromatic carbocycles. The number of hydrogen-bond donors (Lipinski definition) is 2. The van der Waals surface area contributed by atoms with E-state index in [-0.39, 0.29) is 31.6 Å². The van der Waals surface area contributed by atoms with Crippen molar-refractivity contribution in [1.82, 2.24) is 5.32 Å². The number of amides is 1. The van der Waals surface area contributed by atoms with Gasteiger partial charge in [-0.3, -0.25) is 4.79 Å². The van der Waals surface area contributed by atoms with Crippen molar-refractivity contribution in [2.45, 2.75) is 18.4 Å². The van der Waals surface area contributed by atoms with Crippen LogP contribution in [0.25, 0.3) is 0 Å². The predicted molar refractivity (Wildman–Crippen MR) is 72.0 cm³/mol. The molecule has 1 aromatic rings. The SMILES string of the molecule is O=C(NC1(C(=O)O)CCOCC1)c1cc(Br)ccc1F. The van der Waals surface area contributed by atoms with Gasteiger partial charge in [0.25, 0.3) is 5.91 Å². The van der Waals surface area contributed by atoms with Gasteiger partial charge in [0.05, 0.1) is 5.56 Å². The van der Waals surface area contributed by atoms with Gasteiger partial charge in [0, 0.05) is 30.5 Å². The summed E-state index contributed by atoms with van der Waals surface area (Å²) in [5.74, 6) is -2.57. The lowest BCUT2D eigenvalue weighted by atomic mass is 9.89. The third kappa shape index (κ3) is 2.99. The van der Waals surface area contributed by atoms with E-state index in [0.29, 0.717) is 4.47 Å². The number of carboxylic acids is 1. The van der Waals surface area contributed by atoms with E-state index in [1.807, 2.05) is 0 Å². The molecule has 1 heterocycles. The largest absolute Gasteiger partial charge is 0.480 e. The molecular weight excluding hydrogens is 333 g/mol. The molecule has 0 aromatic heterocycles. The molecule has 0 bridgehead atoms. The molecule has 0 saturated carbocycles. The Labute approximate surface area is 123 Å². The average molecular weight is 346 g/mol. The molecule has 0 atom stereocenters. The third-order valence-electron chi connectivity index (χ3n) is 3.28. The lowest BCUT2D eigenvalue weighted by Crippen LogP contribution is -2.57. The highest BCUT2D eigenvalue weighted by molar-refractivity contribution is 9.10. The van der Waals surface area contributed by atoms with Crippen molar-refractivity contribution in [3.05, 3.63) is 34.1 Å². The molecular formula is C13H13BrFNO4. The van der Waals surface area contributed by atoms with Crippen LogP contribution in [-0.2, 0) is 9.53 Å². The number of hydrogen-bond acceptors (Lipinski definition) is 3. The summed E-state index contributed by atoms with van der Waals surface area (Å²) in [6, 6.07) is 3.93. The third-order valence-corrected chi connectivity index (χ3v) is 3.77. The molecule has 0 unspecified atom stereocenters. The van der Waals surface area contributed by atoms with E-state index in [1.165, 1.54) is 12.1 Å². The van der Waals surface area contributed by atoms with Crippen LogP contribution in [0.1, 0.15) is 23.2 Å². The topological polar surface area (TPSA) is 75.6 Å². The molecule has 0 spiro atoms. The van der Waals surface area contributed by atoms with Gasteiger partial charge in [-0.15, -0.1) is 0 Å². The number of nitrogens with one attached hydrogen (secondary N) is 1. The highest BCUT2D eigenvalue weighted by atomic mass is 79.9. The molecule has 0 radical (unpaired) electrons. The Kier molecular flexibility index (Phi) is 4.39. The Morgan fingerprint density at radius 1 is 1.35 bits per heavy atom. The zero-order chi connectivity index (χ0) is 14.8. The second-order valence-electron chi connectivity index (χ2n) is 4.58.